The minimum Gasteiger partial charge on any atom is -0.508 e. The predicted octanol–water partition coefficient (Wildman–Crippen LogP) is 19.5. The summed E-state index contributed by atoms with van der Waals surface area (Å²) in [5.74, 6) is -7.04. The molecule has 0 spiro atoms. The Morgan fingerprint density at radius 2 is 1.00 bits per heavy atom. The third-order valence-corrected chi connectivity index (χ3v) is 23.4. The molecule has 124 heavy (non-hydrogen) atoms. The van der Waals surface area contributed by atoms with Crippen molar-refractivity contribution in [1.82, 2.24) is 4.98 Å². The van der Waals surface area contributed by atoms with Crippen molar-refractivity contribution in [2.24, 2.45) is 21.7 Å². The van der Waals surface area contributed by atoms with Gasteiger partial charge >= 0.3 is 67.1 Å². The van der Waals surface area contributed by atoms with Gasteiger partial charge in [-0.1, -0.05) is 169 Å². The summed E-state index contributed by atoms with van der Waals surface area (Å²) in [4.78, 5) is 107. The lowest BCUT2D eigenvalue weighted by Gasteiger charge is -2.26. The Bertz CT molecular complexity index is 4480. The number of phenols is 2. The lowest BCUT2D eigenvalue weighted by molar-refractivity contribution is -0.177. The van der Waals surface area contributed by atoms with Gasteiger partial charge in [-0.05, 0) is 217 Å². The summed E-state index contributed by atoms with van der Waals surface area (Å²) >= 11 is 0. The SMILES string of the molecule is CC(C)(C)C(=O)OCOP(=O)(OCOC(=O)C(C)(C)C)C(CCCc1cccc(Oc2ccccc2)c1)S(=O)(=O)O.CC(C)(CCCCOCCCCC(C)(C)C(=O)O)C(=O)O.CCCCCCCCCCCCCCCCOc1nc2ccc(C)cc2c(=O)o1.O=C(O)C[C@H](OC(=O)/C=C/c1ccc(O)cc1)[C@@H](OC(=O)/C=C/c1ccc(O)cc1)C(=O)O. The van der Waals surface area contributed by atoms with Gasteiger partial charge in [-0.2, -0.15) is 13.4 Å². The van der Waals surface area contributed by atoms with Crippen molar-refractivity contribution in [3.8, 4) is 29.1 Å². The number of hydrogen-bond donors (Lipinski definition) is 7. The van der Waals surface area contributed by atoms with Crippen molar-refractivity contribution < 1.29 is 133 Å². The number of aromatic nitrogens is 1. The minimum atomic E-state index is -5.00. The number of fused-ring (bicyclic) bond motifs is 1. The molecule has 32 heteroatoms. The molecule has 30 nitrogen and oxygen atoms in total. The summed E-state index contributed by atoms with van der Waals surface area (Å²) in [6.45, 7) is 20.7. The van der Waals surface area contributed by atoms with Crippen LogP contribution in [0.5, 0.6) is 29.1 Å². The first-order valence-electron chi connectivity index (χ1n) is 41.8. The highest BCUT2D eigenvalue weighted by molar-refractivity contribution is 7.94. The highest BCUT2D eigenvalue weighted by Crippen LogP contribution is 2.57. The Balaban J connectivity index is 0.000000438. The van der Waals surface area contributed by atoms with Crippen molar-refractivity contribution in [3.05, 3.63) is 166 Å². The number of carboxylic acid groups (broad SMARTS) is 4. The second-order valence-electron chi connectivity index (χ2n) is 33.1. The molecule has 0 fully saturated rings. The van der Waals surface area contributed by atoms with Crippen LogP contribution < -0.4 is 15.1 Å². The number of ether oxygens (including phenoxy) is 7. The molecule has 6 rings (SSSR count). The zero-order chi connectivity index (χ0) is 92.5. The van der Waals surface area contributed by atoms with Crippen LogP contribution in [0.1, 0.15) is 246 Å². The van der Waals surface area contributed by atoms with Crippen LogP contribution in [-0.4, -0.2) is 147 Å². The van der Waals surface area contributed by atoms with Crippen LogP contribution in [0.15, 0.2) is 143 Å². The zero-order valence-electron chi connectivity index (χ0n) is 73.5. The Kier molecular flexibility index (Phi) is 48.6. The molecule has 0 bridgehead atoms. The van der Waals surface area contributed by atoms with Crippen LogP contribution in [0.4, 0.5) is 0 Å². The number of aryl methyl sites for hydroxylation is 2. The fraction of sp³-hybridized carbons (Fsp3) is 0.522. The number of aliphatic carboxylic acids is 4. The third-order valence-electron chi connectivity index (χ3n) is 19.0. The van der Waals surface area contributed by atoms with E-state index in [9.17, 15) is 76.0 Å². The smallest absolute Gasteiger partial charge is 0.397 e. The van der Waals surface area contributed by atoms with Gasteiger partial charge in [0, 0.05) is 25.4 Å². The fourth-order valence-corrected chi connectivity index (χ4v) is 14.8. The quantitative estimate of drug-likeness (QED) is 0.00355. The van der Waals surface area contributed by atoms with E-state index in [1.54, 1.807) is 106 Å². The van der Waals surface area contributed by atoms with Gasteiger partial charge in [0.15, 0.2) is 11.1 Å². The molecular weight excluding hydrogens is 1650 g/mol. The van der Waals surface area contributed by atoms with Gasteiger partial charge in [0.1, 0.15) is 23.0 Å². The number of nitrogens with zero attached hydrogens (tertiary/aromatic N) is 1. The van der Waals surface area contributed by atoms with Crippen LogP contribution in [0.3, 0.4) is 0 Å². The van der Waals surface area contributed by atoms with E-state index in [2.05, 4.69) is 11.9 Å². The van der Waals surface area contributed by atoms with E-state index in [-0.39, 0.29) is 36.0 Å². The fourth-order valence-electron chi connectivity index (χ4n) is 11.3. The van der Waals surface area contributed by atoms with Gasteiger partial charge in [0.25, 0.3) is 10.1 Å². The largest absolute Gasteiger partial charge is 0.508 e. The number of phenolic OH excluding ortho intramolecular Hbond substituents is 2. The summed E-state index contributed by atoms with van der Waals surface area (Å²) in [5, 5.41) is 55.4. The van der Waals surface area contributed by atoms with E-state index in [1.165, 1.54) is 138 Å². The third kappa shape index (κ3) is 45.4. The predicted molar refractivity (Wildman–Crippen MR) is 468 cm³/mol. The van der Waals surface area contributed by atoms with Crippen molar-refractivity contribution in [1.29, 1.82) is 0 Å². The molecule has 0 saturated carbocycles. The monoisotopic (exact) mass is 1770 g/mol. The van der Waals surface area contributed by atoms with Crippen molar-refractivity contribution in [2.75, 3.05) is 33.4 Å². The molecular formula is C92H128NO29PS. The summed E-state index contributed by atoms with van der Waals surface area (Å²) in [7, 11) is -9.76. The zero-order valence-corrected chi connectivity index (χ0v) is 75.2. The highest BCUT2D eigenvalue weighted by atomic mass is 32.2. The molecule has 0 aliphatic heterocycles. The highest BCUT2D eigenvalue weighted by Gasteiger charge is 2.46. The number of carbonyl (C=O) groups is 8. The van der Waals surface area contributed by atoms with E-state index >= 15 is 0 Å². The van der Waals surface area contributed by atoms with Crippen LogP contribution in [0, 0.1) is 28.6 Å². The van der Waals surface area contributed by atoms with Gasteiger partial charge in [0.05, 0.1) is 45.6 Å². The number of benzene rings is 5. The Morgan fingerprint density at radius 3 is 1.45 bits per heavy atom. The molecule has 686 valence electrons. The molecule has 1 unspecified atom stereocenters. The molecule has 0 saturated heterocycles. The summed E-state index contributed by atoms with van der Waals surface area (Å²) in [6.07, 6.45) is 23.1. The van der Waals surface area contributed by atoms with E-state index in [0.29, 0.717) is 72.6 Å². The first-order valence-corrected chi connectivity index (χ1v) is 44.9. The van der Waals surface area contributed by atoms with Crippen LogP contribution in [-0.2, 0) is 92.2 Å². The van der Waals surface area contributed by atoms with Crippen molar-refractivity contribution in [2.45, 2.75) is 254 Å². The number of carbonyl (C=O) groups excluding carboxylic acids is 4. The topological polar surface area (TPSA) is 456 Å². The van der Waals surface area contributed by atoms with E-state index < -0.39 is 124 Å². The Morgan fingerprint density at radius 1 is 0.540 bits per heavy atom. The molecule has 0 aliphatic carbocycles. The van der Waals surface area contributed by atoms with E-state index in [1.807, 2.05) is 43.3 Å². The number of esters is 4. The molecule has 0 aliphatic rings. The first-order chi connectivity index (χ1) is 58.3. The number of hydrogen-bond acceptors (Lipinski definition) is 25. The maximum Gasteiger partial charge on any atom is 0.397 e. The number of unbranched alkanes of at least 4 members (excludes halogenated alkanes) is 15. The number of rotatable bonds is 52. The Hall–Kier alpha value is -10.3. The number of para-hydroxylation sites is 1. The molecule has 6 aromatic rings. The minimum absolute atomic E-state index is 0.0125. The second kappa shape index (κ2) is 55.8. The van der Waals surface area contributed by atoms with Gasteiger partial charge in [-0.15, -0.1) is 0 Å². The molecule has 0 amide bonds. The summed E-state index contributed by atoms with van der Waals surface area (Å²) in [6, 6.07) is 33.3. The Labute approximate surface area is 727 Å². The molecule has 3 atom stereocenters. The van der Waals surface area contributed by atoms with Crippen LogP contribution in [0.2, 0.25) is 0 Å². The van der Waals surface area contributed by atoms with Crippen LogP contribution in [0.25, 0.3) is 23.1 Å². The van der Waals surface area contributed by atoms with E-state index in [4.69, 9.17) is 61.9 Å². The first kappa shape index (κ1) is 108. The second-order valence-corrected chi connectivity index (χ2v) is 37.2. The lowest BCUT2D eigenvalue weighted by Crippen LogP contribution is -2.42. The lowest BCUT2D eigenvalue weighted by atomic mass is 9.87. The summed E-state index contributed by atoms with van der Waals surface area (Å²) in [5.41, 5.74) is -0.0904. The van der Waals surface area contributed by atoms with Gasteiger partial charge in [-0.3, -0.25) is 42.1 Å². The average molecular weight is 1780 g/mol. The molecule has 1 heterocycles. The standard InChI is InChI=1S/C28H39O11PS.C25H39NO3.C23H20O10.C16H30O5/c1-27(2,3)25(29)35-19-37-40(31,38-20-36-26(30)28(4,5)6)24(41(32,33)34)17-11-13-21-12-10-16-23(18-21)39-22-14-8-7-9-15-22;1-3-4-5-6-7-8-9-10-11-12-13-14-15-16-19-28-25-26-23-18-17-21(2)20-22(23)24(27)29-25;24-16-7-1-14(2-8-16)5-11-20(28)32-18(13-19(26)27)22(23(30)31)33-21(29)12-6-15-3-9-17(25)10-4-15;1-15(2,13(17)18)9-5-7-11-21-12-8-6-10-16(3,4)14(19)20/h7-10,12,14-16,18,24H,11,13,17,19-20H2,1-6H3,(H,32,33,34);17-18,20H,3-16,19H2,1-2H3;1-12,18,22,24-25H,13H2,(H,26,27)(H,30,31);5-12H2,1-4H3,(H,17,18)(H,19,20)/b;;11-5+,12-6+;/t;;18-,22+;/m..0./s1. The van der Waals surface area contributed by atoms with Crippen molar-refractivity contribution >= 4 is 88.5 Å². The molecule has 0 radical (unpaired) electrons. The van der Waals surface area contributed by atoms with Gasteiger partial charge < -0.3 is 68.2 Å². The molecule has 1 aromatic heterocycles. The maximum atomic E-state index is 13.7. The average Bonchev–Trinajstić information content (AvgIpc) is 0.734. The molecule has 7 N–H and O–H groups in total. The van der Waals surface area contributed by atoms with Crippen LogP contribution >= 0.6 is 7.60 Å². The van der Waals surface area contributed by atoms with Crippen molar-refractivity contribution in [3.63, 3.8) is 0 Å². The van der Waals surface area contributed by atoms with Gasteiger partial charge in [-0.25, -0.2) is 19.2 Å². The molecule has 5 aromatic carbocycles. The normalized spacial score (nSPS) is 12.6. The number of aromatic hydroxyl groups is 2. The number of carboxylic acids is 4. The van der Waals surface area contributed by atoms with E-state index in [0.717, 1.165) is 61.8 Å². The summed E-state index contributed by atoms with van der Waals surface area (Å²) < 4.78 is 101. The maximum absolute atomic E-state index is 13.7. The van der Waals surface area contributed by atoms with Gasteiger partial charge in [0.2, 0.25) is 19.7 Å².